The summed E-state index contributed by atoms with van der Waals surface area (Å²) in [6.45, 7) is 0. The number of carbonyl (C=O) groups excluding carboxylic acids is 2. The first-order valence-corrected chi connectivity index (χ1v) is 9.05. The summed E-state index contributed by atoms with van der Waals surface area (Å²) in [5.74, 6) is -2.87. The summed E-state index contributed by atoms with van der Waals surface area (Å²) < 4.78 is 26.2. The molecule has 5 nitrogen and oxygen atoms in total. The van der Waals surface area contributed by atoms with Gasteiger partial charge in [-0.3, -0.25) is 14.6 Å². The fourth-order valence-electron chi connectivity index (χ4n) is 3.16. The average Bonchev–Trinajstić information content (AvgIpc) is 2.93. The van der Waals surface area contributed by atoms with Gasteiger partial charge in [0.2, 0.25) is 0 Å². The van der Waals surface area contributed by atoms with E-state index >= 15 is 0 Å². The molecule has 0 unspecified atom stereocenters. The number of rotatable bonds is 4. The molecule has 1 aliphatic rings. The summed E-state index contributed by atoms with van der Waals surface area (Å²) in [4.78, 5) is 28.7. The Morgan fingerprint density at radius 1 is 0.889 bits per heavy atom. The van der Waals surface area contributed by atoms with Crippen molar-refractivity contribution in [3.8, 4) is 0 Å². The highest BCUT2D eigenvalue weighted by molar-refractivity contribution is 6.05. The number of benzene rings is 1. The maximum absolute atomic E-state index is 13.3. The number of anilines is 1. The number of carbonyl (C=O) groups is 2. The smallest absolute Gasteiger partial charge is 0.257 e. The molecule has 142 valence electrons. The highest BCUT2D eigenvalue weighted by Gasteiger charge is 2.17. The first-order chi connectivity index (χ1) is 13.0. The first kappa shape index (κ1) is 18.9. The van der Waals surface area contributed by atoms with Crippen LogP contribution in [0.5, 0.6) is 0 Å². The van der Waals surface area contributed by atoms with Gasteiger partial charge in [-0.05, 0) is 31.0 Å². The molecule has 0 aliphatic heterocycles. The Kier molecular flexibility index (Phi) is 6.11. The fraction of sp³-hybridized carbons (Fsp3) is 0.350. The molecule has 2 N–H and O–H groups in total. The van der Waals surface area contributed by atoms with E-state index in [9.17, 15) is 18.4 Å². The Hall–Kier alpha value is -2.83. The minimum absolute atomic E-state index is 0.118. The van der Waals surface area contributed by atoms with Crippen LogP contribution in [0.15, 0.2) is 36.7 Å². The molecule has 0 spiro atoms. The lowest BCUT2D eigenvalue weighted by Gasteiger charge is -2.16. The zero-order chi connectivity index (χ0) is 19.2. The lowest BCUT2D eigenvalue weighted by atomic mass is 10.1. The minimum atomic E-state index is -1.05. The van der Waals surface area contributed by atoms with Gasteiger partial charge >= 0.3 is 0 Å². The van der Waals surface area contributed by atoms with Crippen LogP contribution < -0.4 is 10.6 Å². The van der Waals surface area contributed by atoms with Crippen LogP contribution in [0.2, 0.25) is 0 Å². The highest BCUT2D eigenvalue weighted by Crippen LogP contribution is 2.18. The maximum atomic E-state index is 13.3. The van der Waals surface area contributed by atoms with Crippen LogP contribution in [0.1, 0.15) is 59.2 Å². The normalized spacial score (nSPS) is 15.0. The number of amides is 2. The molecule has 0 bridgehead atoms. The van der Waals surface area contributed by atoms with Crippen LogP contribution in [0.3, 0.4) is 0 Å². The maximum Gasteiger partial charge on any atom is 0.257 e. The van der Waals surface area contributed by atoms with Crippen molar-refractivity contribution in [1.29, 1.82) is 0 Å². The lowest BCUT2D eigenvalue weighted by molar-refractivity contribution is 0.0933. The standard InChI is InChI=1S/C20H21F2N3O2/c21-17-8-7-16(10-18(17)22)25-20(27)14-9-13(11-23-12-14)19(26)24-15-5-3-1-2-4-6-15/h7-12,15H,1-6H2,(H,24,26)(H,25,27). The predicted octanol–water partition coefficient (Wildman–Crippen LogP) is 4.06. The molecule has 1 aliphatic carbocycles. The van der Waals surface area contributed by atoms with Gasteiger partial charge in [-0.1, -0.05) is 25.7 Å². The summed E-state index contributed by atoms with van der Waals surface area (Å²) >= 11 is 0. The summed E-state index contributed by atoms with van der Waals surface area (Å²) in [5, 5.41) is 5.47. The highest BCUT2D eigenvalue weighted by atomic mass is 19.2. The number of aromatic nitrogens is 1. The fourth-order valence-corrected chi connectivity index (χ4v) is 3.16. The molecule has 1 heterocycles. The molecule has 1 saturated carbocycles. The third-order valence-electron chi connectivity index (χ3n) is 4.63. The third-order valence-corrected chi connectivity index (χ3v) is 4.63. The first-order valence-electron chi connectivity index (χ1n) is 9.05. The van der Waals surface area contributed by atoms with Crippen molar-refractivity contribution < 1.29 is 18.4 Å². The van der Waals surface area contributed by atoms with Crippen LogP contribution in [0.25, 0.3) is 0 Å². The Balaban J connectivity index is 1.67. The number of nitrogens with one attached hydrogen (secondary N) is 2. The molecule has 1 aromatic heterocycles. The molecule has 0 atom stereocenters. The third kappa shape index (κ3) is 5.09. The van der Waals surface area contributed by atoms with Crippen molar-refractivity contribution in [1.82, 2.24) is 10.3 Å². The molecule has 7 heteroatoms. The van der Waals surface area contributed by atoms with Gasteiger partial charge in [0.05, 0.1) is 11.1 Å². The summed E-state index contributed by atoms with van der Waals surface area (Å²) in [7, 11) is 0. The van der Waals surface area contributed by atoms with Crippen LogP contribution in [-0.2, 0) is 0 Å². The molecule has 0 saturated heterocycles. The van der Waals surface area contributed by atoms with E-state index in [-0.39, 0.29) is 28.8 Å². The second kappa shape index (κ2) is 8.70. The van der Waals surface area contributed by atoms with Gasteiger partial charge in [0.1, 0.15) is 0 Å². The number of hydrogen-bond donors (Lipinski definition) is 2. The van der Waals surface area contributed by atoms with Crippen molar-refractivity contribution >= 4 is 17.5 Å². The lowest BCUT2D eigenvalue weighted by Crippen LogP contribution is -2.34. The number of halogens is 2. The monoisotopic (exact) mass is 373 g/mol. The molecule has 1 aromatic carbocycles. The van der Waals surface area contributed by atoms with Gasteiger partial charge in [0, 0.05) is 30.2 Å². The van der Waals surface area contributed by atoms with Crippen LogP contribution in [0, 0.1) is 11.6 Å². The Morgan fingerprint density at radius 2 is 1.56 bits per heavy atom. The molecule has 3 rings (SSSR count). The number of pyridine rings is 1. The molecular formula is C20H21F2N3O2. The SMILES string of the molecule is O=C(Nc1ccc(F)c(F)c1)c1cncc(C(=O)NC2CCCCCC2)c1. The van der Waals surface area contributed by atoms with E-state index in [1.807, 2.05) is 0 Å². The van der Waals surface area contributed by atoms with E-state index < -0.39 is 17.5 Å². The Morgan fingerprint density at radius 3 is 2.22 bits per heavy atom. The van der Waals surface area contributed by atoms with Gasteiger partial charge in [-0.15, -0.1) is 0 Å². The summed E-state index contributed by atoms with van der Waals surface area (Å²) in [6.07, 6.45) is 9.20. The molecule has 27 heavy (non-hydrogen) atoms. The predicted molar refractivity (Wildman–Crippen MR) is 97.5 cm³/mol. The van der Waals surface area contributed by atoms with Gasteiger partial charge < -0.3 is 10.6 Å². The van der Waals surface area contributed by atoms with E-state index in [1.165, 1.54) is 37.4 Å². The van der Waals surface area contributed by atoms with E-state index in [4.69, 9.17) is 0 Å². The average molecular weight is 373 g/mol. The van der Waals surface area contributed by atoms with E-state index in [1.54, 1.807) is 0 Å². The second-order valence-electron chi connectivity index (χ2n) is 6.71. The van der Waals surface area contributed by atoms with Crippen molar-refractivity contribution in [3.05, 3.63) is 59.4 Å². The largest absolute Gasteiger partial charge is 0.349 e. The van der Waals surface area contributed by atoms with Crippen molar-refractivity contribution in [2.24, 2.45) is 0 Å². The van der Waals surface area contributed by atoms with Gasteiger partial charge in [0.15, 0.2) is 11.6 Å². The zero-order valence-electron chi connectivity index (χ0n) is 14.8. The molecule has 1 fully saturated rings. The number of hydrogen-bond acceptors (Lipinski definition) is 3. The van der Waals surface area contributed by atoms with E-state index in [2.05, 4.69) is 15.6 Å². The van der Waals surface area contributed by atoms with Gasteiger partial charge in [0.25, 0.3) is 11.8 Å². The minimum Gasteiger partial charge on any atom is -0.349 e. The van der Waals surface area contributed by atoms with Gasteiger partial charge in [-0.2, -0.15) is 0 Å². The molecular weight excluding hydrogens is 352 g/mol. The Bertz CT molecular complexity index is 834. The van der Waals surface area contributed by atoms with E-state index in [0.717, 1.165) is 37.8 Å². The van der Waals surface area contributed by atoms with E-state index in [0.29, 0.717) is 0 Å². The zero-order valence-corrected chi connectivity index (χ0v) is 14.8. The quantitative estimate of drug-likeness (QED) is 0.794. The Labute approximate surface area is 156 Å². The van der Waals surface area contributed by atoms with Crippen molar-refractivity contribution in [2.45, 2.75) is 44.6 Å². The molecule has 0 radical (unpaired) electrons. The van der Waals surface area contributed by atoms with Crippen LogP contribution in [0.4, 0.5) is 14.5 Å². The summed E-state index contributed by atoms with van der Waals surface area (Å²) in [5.41, 5.74) is 0.567. The van der Waals surface area contributed by atoms with Crippen molar-refractivity contribution in [2.75, 3.05) is 5.32 Å². The topological polar surface area (TPSA) is 71.1 Å². The van der Waals surface area contributed by atoms with Gasteiger partial charge in [-0.25, -0.2) is 8.78 Å². The molecule has 2 amide bonds. The number of nitrogens with zero attached hydrogens (tertiary/aromatic N) is 1. The second-order valence-corrected chi connectivity index (χ2v) is 6.71. The van der Waals surface area contributed by atoms with Crippen LogP contribution in [-0.4, -0.2) is 22.8 Å². The summed E-state index contributed by atoms with van der Waals surface area (Å²) in [6, 6.07) is 4.66. The van der Waals surface area contributed by atoms with Crippen molar-refractivity contribution in [3.63, 3.8) is 0 Å². The molecule has 2 aromatic rings. The van der Waals surface area contributed by atoms with Crippen LogP contribution >= 0.6 is 0 Å².